The summed E-state index contributed by atoms with van der Waals surface area (Å²) in [4.78, 5) is 16.7. The third-order valence-corrected chi connectivity index (χ3v) is 9.66. The van der Waals surface area contributed by atoms with Crippen LogP contribution in [0.2, 0.25) is 0 Å². The van der Waals surface area contributed by atoms with E-state index in [2.05, 4.69) is 0 Å². The zero-order valence-corrected chi connectivity index (χ0v) is 25.4. The number of anilines is 1. The summed E-state index contributed by atoms with van der Waals surface area (Å²) in [7, 11) is 0. The van der Waals surface area contributed by atoms with Gasteiger partial charge in [-0.1, -0.05) is 36.4 Å². The maximum Gasteiger partial charge on any atom is 0.317 e. The van der Waals surface area contributed by atoms with E-state index in [4.69, 9.17) is 4.74 Å². The lowest BCUT2D eigenvalue weighted by atomic mass is 9.79. The first-order chi connectivity index (χ1) is 21.6. The summed E-state index contributed by atoms with van der Waals surface area (Å²) in [5, 5.41) is 9.22. The summed E-state index contributed by atoms with van der Waals surface area (Å²) in [6.45, 7) is 4.06. The zero-order chi connectivity index (χ0) is 31.7. The van der Waals surface area contributed by atoms with Crippen LogP contribution >= 0.6 is 0 Å². The summed E-state index contributed by atoms with van der Waals surface area (Å²) < 4.78 is 66.0. The third kappa shape index (κ3) is 6.82. The molecular formula is C35H39F4N3O3. The molecule has 0 amide bonds. The molecule has 0 radical (unpaired) electrons. The molecule has 0 saturated carbocycles. The number of alkyl halides is 2. The van der Waals surface area contributed by atoms with E-state index in [1.807, 2.05) is 53.1 Å². The van der Waals surface area contributed by atoms with Crippen LogP contribution in [0.15, 0.2) is 60.7 Å². The zero-order valence-electron chi connectivity index (χ0n) is 25.4. The standard InChI is InChI=1S/C35H39F4N3O3/c1-23-14-25-15-27(45-20-24-6-3-2-4-7-24)8-9-28(25)34(42(23)18-31(38)39)33-29(36)16-26(17-30(33)37)41-12-5-10-35(22-41)11-13-40(21-35)19-32(43)44/h2-4,6-9,15-17,23,31,34H,5,10-14,18-22H2,1H3,(H,43,44)/t23-,34?,35?/m1/s1. The largest absolute Gasteiger partial charge is 0.489 e. The molecule has 3 atom stereocenters. The quantitative estimate of drug-likeness (QED) is 0.274. The number of ether oxygens (including phenoxy) is 1. The SMILES string of the molecule is C[C@@H]1Cc2cc(OCc3ccccc3)ccc2C(c2c(F)cc(N3CCCC4(CCN(CC(=O)O)C4)C3)cc2F)N1CC(F)F. The number of carbonyl (C=O) groups is 1. The molecule has 3 aliphatic rings. The van der Waals surface area contributed by atoms with Gasteiger partial charge in [0.05, 0.1) is 19.1 Å². The summed E-state index contributed by atoms with van der Waals surface area (Å²) in [6.07, 6.45) is 0.356. The number of piperidine rings is 1. The molecule has 3 aromatic rings. The summed E-state index contributed by atoms with van der Waals surface area (Å²) >= 11 is 0. The highest BCUT2D eigenvalue weighted by Gasteiger charge is 2.43. The molecule has 45 heavy (non-hydrogen) atoms. The van der Waals surface area contributed by atoms with Gasteiger partial charge in [-0.3, -0.25) is 14.6 Å². The minimum atomic E-state index is -2.67. The minimum absolute atomic E-state index is 0.0171. The van der Waals surface area contributed by atoms with Crippen LogP contribution in [0.1, 0.15) is 54.5 Å². The number of aliphatic carboxylic acids is 1. The molecule has 6 rings (SSSR count). The second-order valence-corrected chi connectivity index (χ2v) is 12.9. The Balaban J connectivity index is 1.29. The number of carboxylic acids is 1. The van der Waals surface area contributed by atoms with Crippen molar-refractivity contribution in [3.8, 4) is 5.75 Å². The number of hydrogen-bond acceptors (Lipinski definition) is 5. The highest BCUT2D eigenvalue weighted by atomic mass is 19.3. The smallest absolute Gasteiger partial charge is 0.317 e. The van der Waals surface area contributed by atoms with Gasteiger partial charge in [-0.25, -0.2) is 17.6 Å². The van der Waals surface area contributed by atoms with Crippen LogP contribution in [-0.4, -0.2) is 72.6 Å². The van der Waals surface area contributed by atoms with E-state index in [1.165, 1.54) is 17.0 Å². The molecule has 2 unspecified atom stereocenters. The Kier molecular flexibility index (Phi) is 9.06. The fourth-order valence-electron chi connectivity index (χ4n) is 7.62. The van der Waals surface area contributed by atoms with Gasteiger partial charge >= 0.3 is 5.97 Å². The van der Waals surface area contributed by atoms with E-state index in [9.17, 15) is 18.7 Å². The molecular weight excluding hydrogens is 586 g/mol. The molecule has 1 spiro atoms. The second kappa shape index (κ2) is 13.0. The maximum atomic E-state index is 16.2. The first kappa shape index (κ1) is 31.4. The predicted molar refractivity (Wildman–Crippen MR) is 164 cm³/mol. The molecule has 0 aliphatic carbocycles. The number of halogens is 4. The summed E-state index contributed by atoms with van der Waals surface area (Å²) in [5.74, 6) is -1.79. The van der Waals surface area contributed by atoms with Crippen molar-refractivity contribution in [2.75, 3.05) is 44.2 Å². The van der Waals surface area contributed by atoms with Gasteiger partial charge in [0.2, 0.25) is 0 Å². The molecule has 3 aromatic carbocycles. The van der Waals surface area contributed by atoms with Crippen molar-refractivity contribution < 1.29 is 32.2 Å². The molecule has 3 aliphatic heterocycles. The van der Waals surface area contributed by atoms with Crippen LogP contribution in [0.25, 0.3) is 0 Å². The first-order valence-electron chi connectivity index (χ1n) is 15.6. The highest BCUT2D eigenvalue weighted by molar-refractivity contribution is 5.69. The number of hydrogen-bond donors (Lipinski definition) is 1. The van der Waals surface area contributed by atoms with Crippen molar-refractivity contribution in [1.82, 2.24) is 9.80 Å². The normalized spacial score (nSPS) is 23.9. The Labute approximate surface area is 261 Å². The molecule has 240 valence electrons. The van der Waals surface area contributed by atoms with Gasteiger partial charge < -0.3 is 14.7 Å². The van der Waals surface area contributed by atoms with Crippen molar-refractivity contribution in [3.05, 3.63) is 94.6 Å². The van der Waals surface area contributed by atoms with Crippen LogP contribution in [-0.2, 0) is 17.8 Å². The van der Waals surface area contributed by atoms with E-state index in [0.717, 1.165) is 30.4 Å². The molecule has 2 saturated heterocycles. The van der Waals surface area contributed by atoms with Crippen molar-refractivity contribution in [2.24, 2.45) is 5.41 Å². The van der Waals surface area contributed by atoms with Crippen LogP contribution in [0.3, 0.4) is 0 Å². The van der Waals surface area contributed by atoms with E-state index in [-0.39, 0.29) is 17.5 Å². The monoisotopic (exact) mass is 625 g/mol. The Bertz CT molecular complexity index is 1500. The van der Waals surface area contributed by atoms with Gasteiger partial charge in [-0.15, -0.1) is 0 Å². The topological polar surface area (TPSA) is 56.3 Å². The van der Waals surface area contributed by atoms with Gasteiger partial charge in [-0.05, 0) is 80.1 Å². The number of fused-ring (bicyclic) bond motifs is 1. The van der Waals surface area contributed by atoms with Gasteiger partial charge in [0.15, 0.2) is 0 Å². The molecule has 6 nitrogen and oxygen atoms in total. The average Bonchev–Trinajstić information content (AvgIpc) is 3.37. The van der Waals surface area contributed by atoms with Crippen molar-refractivity contribution >= 4 is 11.7 Å². The lowest BCUT2D eigenvalue weighted by Gasteiger charge is -2.43. The molecule has 0 bridgehead atoms. The first-order valence-corrected chi connectivity index (χ1v) is 15.6. The lowest BCUT2D eigenvalue weighted by molar-refractivity contribution is -0.138. The van der Waals surface area contributed by atoms with Crippen LogP contribution in [0, 0.1) is 17.0 Å². The predicted octanol–water partition coefficient (Wildman–Crippen LogP) is 6.52. The van der Waals surface area contributed by atoms with Crippen LogP contribution in [0.4, 0.5) is 23.2 Å². The third-order valence-electron chi connectivity index (χ3n) is 9.66. The van der Waals surface area contributed by atoms with E-state index < -0.39 is 42.7 Å². The Morgan fingerprint density at radius 1 is 1.02 bits per heavy atom. The van der Waals surface area contributed by atoms with Crippen molar-refractivity contribution in [3.63, 3.8) is 0 Å². The van der Waals surface area contributed by atoms with Crippen LogP contribution in [0.5, 0.6) is 5.75 Å². The number of carboxylic acid groups (broad SMARTS) is 1. The summed E-state index contributed by atoms with van der Waals surface area (Å²) in [5.41, 5.74) is 2.46. The minimum Gasteiger partial charge on any atom is -0.489 e. The van der Waals surface area contributed by atoms with Crippen LogP contribution < -0.4 is 9.64 Å². The molecule has 0 aromatic heterocycles. The van der Waals surface area contributed by atoms with Gasteiger partial charge in [0.25, 0.3) is 6.43 Å². The number of likely N-dealkylation sites (tertiary alicyclic amines) is 1. The molecule has 10 heteroatoms. The fourth-order valence-corrected chi connectivity index (χ4v) is 7.62. The van der Waals surface area contributed by atoms with E-state index >= 15 is 8.78 Å². The van der Waals surface area contributed by atoms with E-state index in [1.54, 1.807) is 12.1 Å². The van der Waals surface area contributed by atoms with Crippen molar-refractivity contribution in [1.29, 1.82) is 0 Å². The van der Waals surface area contributed by atoms with Gasteiger partial charge in [0.1, 0.15) is 24.0 Å². The fraction of sp³-hybridized carbons (Fsp3) is 0.457. The highest BCUT2D eigenvalue weighted by Crippen LogP contribution is 2.44. The Morgan fingerprint density at radius 3 is 2.49 bits per heavy atom. The molecule has 3 heterocycles. The number of rotatable bonds is 9. The second-order valence-electron chi connectivity index (χ2n) is 12.9. The van der Waals surface area contributed by atoms with E-state index in [0.29, 0.717) is 56.2 Å². The Hall–Kier alpha value is -3.63. The van der Waals surface area contributed by atoms with Gasteiger partial charge in [-0.2, -0.15) is 0 Å². The van der Waals surface area contributed by atoms with Gasteiger partial charge in [0, 0.05) is 42.3 Å². The Morgan fingerprint density at radius 2 is 1.78 bits per heavy atom. The molecule has 2 fully saturated rings. The average molecular weight is 626 g/mol. The maximum absolute atomic E-state index is 16.2. The summed E-state index contributed by atoms with van der Waals surface area (Å²) in [6, 6.07) is 16.3. The molecule has 1 N–H and O–H groups in total. The lowest BCUT2D eigenvalue weighted by Crippen LogP contribution is -2.46. The number of benzene rings is 3. The number of nitrogens with zero attached hydrogens (tertiary/aromatic N) is 3. The van der Waals surface area contributed by atoms with Crippen molar-refractivity contribution in [2.45, 2.75) is 57.7 Å².